The fourth-order valence-electron chi connectivity index (χ4n) is 2.83. The maximum Gasteiger partial charge on any atom is 0.225 e. The summed E-state index contributed by atoms with van der Waals surface area (Å²) < 4.78 is 0. The van der Waals surface area contributed by atoms with E-state index < -0.39 is 0 Å². The lowest BCUT2D eigenvalue weighted by Gasteiger charge is -2.37. The van der Waals surface area contributed by atoms with Gasteiger partial charge in [-0.05, 0) is 30.5 Å². The van der Waals surface area contributed by atoms with Crippen LogP contribution < -0.4 is 0 Å². The molecule has 1 aromatic carbocycles. The summed E-state index contributed by atoms with van der Waals surface area (Å²) in [6.07, 6.45) is 2.09. The zero-order valence-corrected chi connectivity index (χ0v) is 12.6. The lowest BCUT2D eigenvalue weighted by atomic mass is 10.1. The van der Waals surface area contributed by atoms with Crippen LogP contribution >= 0.6 is 11.6 Å². The molecular formula is C16H18ClN3O. The number of hydrogen-bond donors (Lipinski definition) is 0. The number of hydrogen-bond acceptors (Lipinski definition) is 3. The van der Waals surface area contributed by atoms with E-state index in [9.17, 15) is 10.1 Å². The number of carbonyl (C=O) groups excluding carboxylic acids is 1. The van der Waals surface area contributed by atoms with E-state index in [2.05, 4.69) is 11.0 Å². The Bertz CT molecular complexity index is 571. The molecule has 1 atom stereocenters. The van der Waals surface area contributed by atoms with E-state index >= 15 is 0 Å². The quantitative estimate of drug-likeness (QED) is 0.862. The van der Waals surface area contributed by atoms with Crippen LogP contribution in [0.4, 0.5) is 0 Å². The Balaban J connectivity index is 1.64. The number of piperazine rings is 1. The third-order valence-corrected chi connectivity index (χ3v) is 4.44. The van der Waals surface area contributed by atoms with Crippen molar-refractivity contribution < 1.29 is 4.79 Å². The number of benzene rings is 1. The standard InChI is InChI=1S/C16H18ClN3O/c17-14-3-1-2-13(10-14)15(11-18)19-6-8-20(9-7-19)16(21)12-4-5-12/h1-3,10,12,15H,4-9H2. The lowest BCUT2D eigenvalue weighted by Crippen LogP contribution is -2.49. The first-order chi connectivity index (χ1) is 10.2. The van der Waals surface area contributed by atoms with Gasteiger partial charge in [0, 0.05) is 37.1 Å². The Morgan fingerprint density at radius 3 is 2.57 bits per heavy atom. The molecule has 1 aliphatic carbocycles. The highest BCUT2D eigenvalue weighted by Gasteiger charge is 2.35. The van der Waals surface area contributed by atoms with Crippen LogP contribution in [0, 0.1) is 17.2 Å². The molecule has 4 nitrogen and oxygen atoms in total. The molecule has 1 aromatic rings. The number of nitrogens with zero attached hydrogens (tertiary/aromatic N) is 3. The van der Waals surface area contributed by atoms with Gasteiger partial charge < -0.3 is 4.90 Å². The number of nitriles is 1. The molecule has 1 aliphatic heterocycles. The molecule has 0 spiro atoms. The maximum atomic E-state index is 12.0. The van der Waals surface area contributed by atoms with Crippen molar-refractivity contribution in [2.45, 2.75) is 18.9 Å². The van der Waals surface area contributed by atoms with Crippen molar-refractivity contribution >= 4 is 17.5 Å². The SMILES string of the molecule is N#CC(c1cccc(Cl)c1)N1CCN(C(=O)C2CC2)CC1. The Labute approximate surface area is 129 Å². The van der Waals surface area contributed by atoms with Crippen LogP contribution in [0.1, 0.15) is 24.4 Å². The molecule has 1 unspecified atom stereocenters. The van der Waals surface area contributed by atoms with E-state index in [1.807, 2.05) is 29.2 Å². The minimum Gasteiger partial charge on any atom is -0.340 e. The van der Waals surface area contributed by atoms with Crippen molar-refractivity contribution in [3.05, 3.63) is 34.9 Å². The van der Waals surface area contributed by atoms with Crippen molar-refractivity contribution in [1.29, 1.82) is 5.26 Å². The smallest absolute Gasteiger partial charge is 0.225 e. The van der Waals surface area contributed by atoms with Gasteiger partial charge in [0.05, 0.1) is 6.07 Å². The second-order valence-corrected chi connectivity index (χ2v) is 6.16. The maximum absolute atomic E-state index is 12.0. The summed E-state index contributed by atoms with van der Waals surface area (Å²) in [5, 5.41) is 10.1. The first-order valence-electron chi connectivity index (χ1n) is 7.37. The molecule has 21 heavy (non-hydrogen) atoms. The second-order valence-electron chi connectivity index (χ2n) is 5.72. The highest BCUT2D eigenvalue weighted by Crippen LogP contribution is 2.32. The molecule has 1 saturated carbocycles. The van der Waals surface area contributed by atoms with Gasteiger partial charge in [0.25, 0.3) is 0 Å². The Morgan fingerprint density at radius 2 is 2.00 bits per heavy atom. The van der Waals surface area contributed by atoms with Gasteiger partial charge in [0.15, 0.2) is 0 Å². The van der Waals surface area contributed by atoms with Crippen molar-refractivity contribution in [3.63, 3.8) is 0 Å². The van der Waals surface area contributed by atoms with Gasteiger partial charge in [-0.25, -0.2) is 0 Å². The molecule has 1 saturated heterocycles. The monoisotopic (exact) mass is 303 g/mol. The summed E-state index contributed by atoms with van der Waals surface area (Å²) in [6.45, 7) is 2.91. The van der Waals surface area contributed by atoms with Crippen LogP contribution in [-0.4, -0.2) is 41.9 Å². The van der Waals surface area contributed by atoms with Crippen LogP contribution in [0.3, 0.4) is 0 Å². The van der Waals surface area contributed by atoms with Crippen molar-refractivity contribution in [3.8, 4) is 6.07 Å². The van der Waals surface area contributed by atoms with Crippen LogP contribution in [0.15, 0.2) is 24.3 Å². The van der Waals surface area contributed by atoms with E-state index in [0.717, 1.165) is 31.5 Å². The van der Waals surface area contributed by atoms with Gasteiger partial charge in [-0.2, -0.15) is 5.26 Å². The van der Waals surface area contributed by atoms with E-state index in [4.69, 9.17) is 11.6 Å². The van der Waals surface area contributed by atoms with Crippen molar-refractivity contribution in [2.24, 2.45) is 5.92 Å². The molecule has 0 radical (unpaired) electrons. The van der Waals surface area contributed by atoms with E-state index in [1.54, 1.807) is 0 Å². The summed E-state index contributed by atoms with van der Waals surface area (Å²) >= 11 is 6.01. The van der Waals surface area contributed by atoms with Gasteiger partial charge >= 0.3 is 0 Å². The number of amides is 1. The van der Waals surface area contributed by atoms with E-state index in [1.165, 1.54) is 0 Å². The number of carbonyl (C=O) groups is 1. The first-order valence-corrected chi connectivity index (χ1v) is 7.75. The fraction of sp³-hybridized carbons (Fsp3) is 0.500. The summed E-state index contributed by atoms with van der Waals surface area (Å²) in [5.74, 6) is 0.571. The normalized spacial score (nSPS) is 20.9. The topological polar surface area (TPSA) is 47.3 Å². The van der Waals surface area contributed by atoms with Gasteiger partial charge in [-0.3, -0.25) is 9.69 Å². The Kier molecular flexibility index (Phi) is 4.14. The average Bonchev–Trinajstić information content (AvgIpc) is 3.33. The predicted molar refractivity (Wildman–Crippen MR) is 80.7 cm³/mol. The molecular weight excluding hydrogens is 286 g/mol. The molecule has 3 rings (SSSR count). The second kappa shape index (κ2) is 6.05. The molecule has 1 amide bonds. The molecule has 5 heteroatoms. The summed E-state index contributed by atoms with van der Waals surface area (Å²) in [4.78, 5) is 16.1. The molecule has 0 N–H and O–H groups in total. The zero-order chi connectivity index (χ0) is 14.8. The Hall–Kier alpha value is -1.57. The molecule has 110 valence electrons. The van der Waals surface area contributed by atoms with Crippen LogP contribution in [-0.2, 0) is 4.79 Å². The average molecular weight is 304 g/mol. The van der Waals surface area contributed by atoms with Crippen molar-refractivity contribution in [1.82, 2.24) is 9.80 Å². The Morgan fingerprint density at radius 1 is 1.29 bits per heavy atom. The minimum atomic E-state index is -0.290. The van der Waals surface area contributed by atoms with E-state index in [0.29, 0.717) is 24.0 Å². The van der Waals surface area contributed by atoms with Crippen molar-refractivity contribution in [2.75, 3.05) is 26.2 Å². The molecule has 0 aromatic heterocycles. The van der Waals surface area contributed by atoms with Gasteiger partial charge in [0.2, 0.25) is 5.91 Å². The first kappa shape index (κ1) is 14.4. The molecule has 2 fully saturated rings. The molecule has 1 heterocycles. The number of halogens is 1. The fourth-order valence-corrected chi connectivity index (χ4v) is 3.03. The largest absolute Gasteiger partial charge is 0.340 e. The van der Waals surface area contributed by atoms with E-state index in [-0.39, 0.29) is 12.0 Å². The minimum absolute atomic E-state index is 0.274. The van der Waals surface area contributed by atoms with Gasteiger partial charge in [-0.1, -0.05) is 23.7 Å². The molecule has 0 bridgehead atoms. The van der Waals surface area contributed by atoms with Crippen LogP contribution in [0.5, 0.6) is 0 Å². The zero-order valence-electron chi connectivity index (χ0n) is 11.8. The number of rotatable bonds is 3. The molecule has 2 aliphatic rings. The third-order valence-electron chi connectivity index (χ3n) is 4.20. The lowest BCUT2D eigenvalue weighted by molar-refractivity contribution is -0.134. The van der Waals surface area contributed by atoms with Crippen LogP contribution in [0.2, 0.25) is 5.02 Å². The summed E-state index contributed by atoms with van der Waals surface area (Å²) in [5.41, 5.74) is 0.923. The van der Waals surface area contributed by atoms with Gasteiger partial charge in [-0.15, -0.1) is 0 Å². The van der Waals surface area contributed by atoms with Crippen LogP contribution in [0.25, 0.3) is 0 Å². The third kappa shape index (κ3) is 3.20. The summed E-state index contributed by atoms with van der Waals surface area (Å²) in [7, 11) is 0. The predicted octanol–water partition coefficient (Wildman–Crippen LogP) is 2.46. The highest BCUT2D eigenvalue weighted by atomic mass is 35.5. The highest BCUT2D eigenvalue weighted by molar-refractivity contribution is 6.30. The summed E-state index contributed by atoms with van der Waals surface area (Å²) in [6, 6.07) is 9.53. The van der Waals surface area contributed by atoms with Gasteiger partial charge in [0.1, 0.15) is 6.04 Å².